The molecule has 3 N–H and O–H groups in total. The van der Waals surface area contributed by atoms with Crippen molar-refractivity contribution in [2.24, 2.45) is 5.73 Å². The number of benzene rings is 1. The average Bonchev–Trinajstić information content (AvgIpc) is 3.19. The second-order valence-corrected chi connectivity index (χ2v) is 4.69. The standard InChI is InChI=1S/C14H20N2O2/c1-2-18-10-14(13(15)17,16-12-8-9-12)11-6-4-3-5-7-11/h3-7,12,16H,2,8-10H2,1H3,(H2,15,17). The van der Waals surface area contributed by atoms with Gasteiger partial charge < -0.3 is 10.5 Å². The topological polar surface area (TPSA) is 64.3 Å². The molecule has 4 heteroatoms. The van der Waals surface area contributed by atoms with E-state index < -0.39 is 5.54 Å². The van der Waals surface area contributed by atoms with E-state index in [0.717, 1.165) is 18.4 Å². The van der Waals surface area contributed by atoms with E-state index in [1.54, 1.807) is 0 Å². The van der Waals surface area contributed by atoms with E-state index in [1.807, 2.05) is 37.3 Å². The molecule has 4 nitrogen and oxygen atoms in total. The molecule has 0 radical (unpaired) electrons. The smallest absolute Gasteiger partial charge is 0.244 e. The van der Waals surface area contributed by atoms with Crippen molar-refractivity contribution in [3.8, 4) is 0 Å². The first-order chi connectivity index (χ1) is 8.69. The highest BCUT2D eigenvalue weighted by Gasteiger charge is 2.42. The summed E-state index contributed by atoms with van der Waals surface area (Å²) in [4.78, 5) is 12.0. The Bertz CT molecular complexity index is 404. The minimum Gasteiger partial charge on any atom is -0.379 e. The lowest BCUT2D eigenvalue weighted by atomic mass is 9.89. The van der Waals surface area contributed by atoms with E-state index in [4.69, 9.17) is 10.5 Å². The summed E-state index contributed by atoms with van der Waals surface area (Å²) in [5, 5.41) is 3.36. The molecule has 0 spiro atoms. The third-order valence-electron chi connectivity index (χ3n) is 3.24. The lowest BCUT2D eigenvalue weighted by Crippen LogP contribution is -2.56. The lowest BCUT2D eigenvalue weighted by Gasteiger charge is -2.32. The molecule has 1 unspecified atom stereocenters. The van der Waals surface area contributed by atoms with Gasteiger partial charge in [-0.25, -0.2) is 0 Å². The molecule has 0 aromatic heterocycles. The van der Waals surface area contributed by atoms with E-state index >= 15 is 0 Å². The molecule has 18 heavy (non-hydrogen) atoms. The normalized spacial score (nSPS) is 18.3. The van der Waals surface area contributed by atoms with E-state index in [1.165, 1.54) is 0 Å². The number of amides is 1. The van der Waals surface area contributed by atoms with Crippen molar-refractivity contribution < 1.29 is 9.53 Å². The molecule has 1 aliphatic carbocycles. The summed E-state index contributed by atoms with van der Waals surface area (Å²) in [6.07, 6.45) is 2.18. The summed E-state index contributed by atoms with van der Waals surface area (Å²) >= 11 is 0. The summed E-state index contributed by atoms with van der Waals surface area (Å²) in [6, 6.07) is 9.95. The predicted molar refractivity (Wildman–Crippen MR) is 70.0 cm³/mol. The Kier molecular flexibility index (Phi) is 3.99. The lowest BCUT2D eigenvalue weighted by molar-refractivity contribution is -0.127. The number of rotatable bonds is 7. The Morgan fingerprint density at radius 1 is 1.44 bits per heavy atom. The summed E-state index contributed by atoms with van der Waals surface area (Å²) < 4.78 is 5.48. The van der Waals surface area contributed by atoms with Crippen LogP contribution in [0.3, 0.4) is 0 Å². The zero-order valence-corrected chi connectivity index (χ0v) is 10.7. The summed E-state index contributed by atoms with van der Waals surface area (Å²) in [6.45, 7) is 2.75. The van der Waals surface area contributed by atoms with Crippen LogP contribution in [-0.4, -0.2) is 25.2 Å². The Hall–Kier alpha value is -1.39. The molecule has 0 heterocycles. The van der Waals surface area contributed by atoms with E-state index in [2.05, 4.69) is 5.32 Å². The first kappa shape index (κ1) is 13.1. The van der Waals surface area contributed by atoms with Crippen molar-refractivity contribution in [2.75, 3.05) is 13.2 Å². The van der Waals surface area contributed by atoms with Gasteiger partial charge in [0.2, 0.25) is 5.91 Å². The number of nitrogens with two attached hydrogens (primary N) is 1. The fraction of sp³-hybridized carbons (Fsp3) is 0.500. The van der Waals surface area contributed by atoms with Crippen LogP contribution in [0.25, 0.3) is 0 Å². The van der Waals surface area contributed by atoms with Gasteiger partial charge in [0.15, 0.2) is 0 Å². The van der Waals surface area contributed by atoms with Crippen molar-refractivity contribution >= 4 is 5.91 Å². The predicted octanol–water partition coefficient (Wildman–Crippen LogP) is 1.16. The van der Waals surface area contributed by atoms with Crippen LogP contribution in [0.2, 0.25) is 0 Å². The third kappa shape index (κ3) is 2.71. The van der Waals surface area contributed by atoms with Gasteiger partial charge in [-0.2, -0.15) is 0 Å². The van der Waals surface area contributed by atoms with Crippen LogP contribution in [-0.2, 0) is 15.1 Å². The molecular formula is C14H20N2O2. The number of carbonyl (C=O) groups excluding carboxylic acids is 1. The Labute approximate surface area is 108 Å². The van der Waals surface area contributed by atoms with Gasteiger partial charge in [0, 0.05) is 12.6 Å². The largest absolute Gasteiger partial charge is 0.379 e. The van der Waals surface area contributed by atoms with Crippen molar-refractivity contribution in [3.63, 3.8) is 0 Å². The maximum atomic E-state index is 12.0. The minimum absolute atomic E-state index is 0.277. The number of hydrogen-bond donors (Lipinski definition) is 2. The van der Waals surface area contributed by atoms with Crippen LogP contribution in [0.1, 0.15) is 25.3 Å². The number of primary amides is 1. The van der Waals surface area contributed by atoms with Gasteiger partial charge in [-0.3, -0.25) is 10.1 Å². The molecule has 0 aliphatic heterocycles. The van der Waals surface area contributed by atoms with Gasteiger partial charge in [0.05, 0.1) is 6.61 Å². The van der Waals surface area contributed by atoms with Gasteiger partial charge in [-0.1, -0.05) is 30.3 Å². The molecular weight excluding hydrogens is 228 g/mol. The molecule has 1 fully saturated rings. The molecule has 1 aromatic carbocycles. The number of ether oxygens (including phenoxy) is 1. The fourth-order valence-electron chi connectivity index (χ4n) is 2.05. The van der Waals surface area contributed by atoms with Gasteiger partial charge in [-0.15, -0.1) is 0 Å². The Morgan fingerprint density at radius 3 is 2.61 bits per heavy atom. The molecule has 0 saturated heterocycles. The van der Waals surface area contributed by atoms with Gasteiger partial charge in [0.1, 0.15) is 5.54 Å². The van der Waals surface area contributed by atoms with Crippen LogP contribution in [0.5, 0.6) is 0 Å². The van der Waals surface area contributed by atoms with Crippen molar-refractivity contribution in [1.29, 1.82) is 0 Å². The molecule has 1 aromatic rings. The molecule has 98 valence electrons. The average molecular weight is 248 g/mol. The van der Waals surface area contributed by atoms with Gasteiger partial charge in [-0.05, 0) is 25.3 Å². The molecule has 0 bridgehead atoms. The monoisotopic (exact) mass is 248 g/mol. The van der Waals surface area contributed by atoms with Crippen LogP contribution in [0.4, 0.5) is 0 Å². The highest BCUT2D eigenvalue weighted by Crippen LogP contribution is 2.29. The van der Waals surface area contributed by atoms with Crippen LogP contribution >= 0.6 is 0 Å². The van der Waals surface area contributed by atoms with Crippen LogP contribution in [0.15, 0.2) is 30.3 Å². The summed E-state index contributed by atoms with van der Waals surface area (Å²) in [5.74, 6) is -0.381. The fourth-order valence-corrected chi connectivity index (χ4v) is 2.05. The minimum atomic E-state index is -0.904. The Morgan fingerprint density at radius 2 is 2.11 bits per heavy atom. The highest BCUT2D eigenvalue weighted by atomic mass is 16.5. The zero-order valence-electron chi connectivity index (χ0n) is 10.7. The maximum absolute atomic E-state index is 12.0. The number of nitrogens with one attached hydrogen (secondary N) is 1. The van der Waals surface area contributed by atoms with E-state index in [-0.39, 0.29) is 12.5 Å². The quantitative estimate of drug-likeness (QED) is 0.761. The van der Waals surface area contributed by atoms with E-state index in [9.17, 15) is 4.79 Å². The van der Waals surface area contributed by atoms with Crippen molar-refractivity contribution in [1.82, 2.24) is 5.32 Å². The van der Waals surface area contributed by atoms with Gasteiger partial charge >= 0.3 is 0 Å². The van der Waals surface area contributed by atoms with Crippen molar-refractivity contribution in [2.45, 2.75) is 31.3 Å². The molecule has 1 aliphatic rings. The highest BCUT2D eigenvalue weighted by molar-refractivity contribution is 5.86. The van der Waals surface area contributed by atoms with Crippen LogP contribution < -0.4 is 11.1 Å². The third-order valence-corrected chi connectivity index (χ3v) is 3.24. The maximum Gasteiger partial charge on any atom is 0.244 e. The summed E-state index contributed by atoms with van der Waals surface area (Å²) in [5.41, 5.74) is 5.61. The SMILES string of the molecule is CCOCC(NC1CC1)(C(N)=O)c1ccccc1. The number of carbonyl (C=O) groups is 1. The molecule has 1 amide bonds. The van der Waals surface area contributed by atoms with E-state index in [0.29, 0.717) is 12.6 Å². The second-order valence-electron chi connectivity index (χ2n) is 4.69. The molecule has 2 rings (SSSR count). The first-order valence-electron chi connectivity index (χ1n) is 6.40. The van der Waals surface area contributed by atoms with Crippen LogP contribution in [0, 0.1) is 0 Å². The summed E-state index contributed by atoms with van der Waals surface area (Å²) in [7, 11) is 0. The first-order valence-corrected chi connectivity index (χ1v) is 6.40. The molecule has 1 saturated carbocycles. The second kappa shape index (κ2) is 5.50. The Balaban J connectivity index is 2.31. The zero-order chi connectivity index (χ0) is 13.0. The van der Waals surface area contributed by atoms with Gasteiger partial charge in [0.25, 0.3) is 0 Å². The number of hydrogen-bond acceptors (Lipinski definition) is 3. The van der Waals surface area contributed by atoms with Crippen molar-refractivity contribution in [3.05, 3.63) is 35.9 Å². The molecule has 1 atom stereocenters.